The second-order valence-electron chi connectivity index (χ2n) is 4.74. The van der Waals surface area contributed by atoms with E-state index < -0.39 is 0 Å². The van der Waals surface area contributed by atoms with Crippen molar-refractivity contribution in [3.05, 3.63) is 81.9 Å². The highest BCUT2D eigenvalue weighted by atomic mass is 32.1. The second-order valence-corrected chi connectivity index (χ2v) is 5.72. The number of thiophene rings is 1. The van der Waals surface area contributed by atoms with E-state index in [4.69, 9.17) is 4.42 Å². The standard InChI is InChI=1S/C17H15NO2S/c1-12-9-10-14(20-12)17(19)18-16(15-8-5-11-21-15)13-6-3-2-4-7-13/h2-11,16H,1H3,(H,18,19). The number of benzene rings is 1. The van der Waals surface area contributed by atoms with Gasteiger partial charge in [0.05, 0.1) is 6.04 Å². The Morgan fingerprint density at radius 1 is 1.10 bits per heavy atom. The molecular weight excluding hydrogens is 282 g/mol. The molecule has 2 heterocycles. The molecule has 0 aliphatic rings. The molecule has 0 bridgehead atoms. The van der Waals surface area contributed by atoms with Gasteiger partial charge in [-0.1, -0.05) is 36.4 Å². The predicted octanol–water partition coefficient (Wildman–Crippen LogP) is 4.17. The van der Waals surface area contributed by atoms with Gasteiger partial charge in [0.1, 0.15) is 5.76 Å². The number of carbonyl (C=O) groups excluding carboxylic acids is 1. The lowest BCUT2D eigenvalue weighted by molar-refractivity contribution is 0.0914. The van der Waals surface area contributed by atoms with Crippen molar-refractivity contribution in [3.63, 3.8) is 0 Å². The van der Waals surface area contributed by atoms with Crippen molar-refractivity contribution < 1.29 is 9.21 Å². The normalized spacial score (nSPS) is 12.0. The molecule has 0 saturated heterocycles. The molecule has 106 valence electrons. The minimum absolute atomic E-state index is 0.163. The number of rotatable bonds is 4. The van der Waals surface area contributed by atoms with E-state index in [-0.39, 0.29) is 11.9 Å². The molecule has 0 fully saturated rings. The lowest BCUT2D eigenvalue weighted by Crippen LogP contribution is -2.28. The minimum Gasteiger partial charge on any atom is -0.456 e. The van der Waals surface area contributed by atoms with Crippen LogP contribution in [0.15, 0.2) is 64.4 Å². The first-order valence-corrected chi connectivity index (χ1v) is 7.57. The number of hydrogen-bond acceptors (Lipinski definition) is 3. The van der Waals surface area contributed by atoms with Gasteiger partial charge in [0.15, 0.2) is 5.76 Å². The Kier molecular flexibility index (Phi) is 3.88. The summed E-state index contributed by atoms with van der Waals surface area (Å²) in [6.07, 6.45) is 0. The van der Waals surface area contributed by atoms with E-state index in [2.05, 4.69) is 5.32 Å². The largest absolute Gasteiger partial charge is 0.456 e. The maximum absolute atomic E-state index is 12.3. The van der Waals surface area contributed by atoms with Gasteiger partial charge in [0.25, 0.3) is 5.91 Å². The summed E-state index contributed by atoms with van der Waals surface area (Å²) in [4.78, 5) is 13.4. The van der Waals surface area contributed by atoms with E-state index >= 15 is 0 Å². The number of amides is 1. The molecule has 4 heteroatoms. The van der Waals surface area contributed by atoms with Gasteiger partial charge in [0, 0.05) is 4.88 Å². The molecule has 1 aromatic carbocycles. The van der Waals surface area contributed by atoms with Gasteiger partial charge in [-0.2, -0.15) is 0 Å². The van der Waals surface area contributed by atoms with Crippen LogP contribution in [0.25, 0.3) is 0 Å². The van der Waals surface area contributed by atoms with Crippen molar-refractivity contribution in [2.45, 2.75) is 13.0 Å². The van der Waals surface area contributed by atoms with Crippen molar-refractivity contribution in [2.24, 2.45) is 0 Å². The zero-order valence-electron chi connectivity index (χ0n) is 11.6. The first kappa shape index (κ1) is 13.6. The van der Waals surface area contributed by atoms with Crippen LogP contribution < -0.4 is 5.32 Å². The summed E-state index contributed by atoms with van der Waals surface area (Å²) >= 11 is 1.62. The fourth-order valence-electron chi connectivity index (χ4n) is 2.18. The van der Waals surface area contributed by atoms with Crippen LogP contribution in [0.1, 0.15) is 32.8 Å². The molecule has 0 saturated carbocycles. The van der Waals surface area contributed by atoms with Crippen LogP contribution in [0, 0.1) is 6.92 Å². The maximum atomic E-state index is 12.3. The molecule has 0 aliphatic carbocycles. The summed E-state index contributed by atoms with van der Waals surface area (Å²) in [5.74, 6) is 0.864. The molecule has 0 radical (unpaired) electrons. The third kappa shape index (κ3) is 3.06. The average molecular weight is 297 g/mol. The maximum Gasteiger partial charge on any atom is 0.287 e. The summed E-state index contributed by atoms with van der Waals surface area (Å²) in [5.41, 5.74) is 1.05. The summed E-state index contributed by atoms with van der Waals surface area (Å²) < 4.78 is 5.39. The summed E-state index contributed by atoms with van der Waals surface area (Å²) in [7, 11) is 0. The zero-order valence-corrected chi connectivity index (χ0v) is 12.4. The van der Waals surface area contributed by atoms with Crippen molar-refractivity contribution >= 4 is 17.2 Å². The highest BCUT2D eigenvalue weighted by Crippen LogP contribution is 2.26. The molecule has 0 spiro atoms. The highest BCUT2D eigenvalue weighted by molar-refractivity contribution is 7.10. The number of carbonyl (C=O) groups is 1. The Hall–Kier alpha value is -2.33. The van der Waals surface area contributed by atoms with Crippen LogP contribution in [0.2, 0.25) is 0 Å². The van der Waals surface area contributed by atoms with E-state index in [0.717, 1.165) is 16.2 Å². The van der Waals surface area contributed by atoms with E-state index in [1.54, 1.807) is 23.5 Å². The molecule has 1 atom stereocenters. The Bertz CT molecular complexity index is 716. The lowest BCUT2D eigenvalue weighted by Gasteiger charge is -2.17. The first-order chi connectivity index (χ1) is 10.2. The fourth-order valence-corrected chi connectivity index (χ4v) is 2.98. The van der Waals surface area contributed by atoms with Gasteiger partial charge < -0.3 is 9.73 Å². The third-order valence-corrected chi connectivity index (χ3v) is 4.14. The van der Waals surface area contributed by atoms with Gasteiger partial charge in [-0.25, -0.2) is 0 Å². The Labute approximate surface area is 127 Å². The van der Waals surface area contributed by atoms with E-state index in [9.17, 15) is 4.79 Å². The van der Waals surface area contributed by atoms with E-state index in [0.29, 0.717) is 5.76 Å². The molecular formula is C17H15NO2S. The van der Waals surface area contributed by atoms with Crippen molar-refractivity contribution in [3.8, 4) is 0 Å². The van der Waals surface area contributed by atoms with Crippen molar-refractivity contribution in [1.29, 1.82) is 0 Å². The molecule has 3 rings (SSSR count). The van der Waals surface area contributed by atoms with Crippen LogP contribution in [0.3, 0.4) is 0 Å². The van der Waals surface area contributed by atoms with E-state index in [1.165, 1.54) is 0 Å². The SMILES string of the molecule is Cc1ccc(C(=O)NC(c2ccccc2)c2cccs2)o1. The molecule has 1 amide bonds. The number of hydrogen-bond donors (Lipinski definition) is 1. The quantitative estimate of drug-likeness (QED) is 0.785. The monoisotopic (exact) mass is 297 g/mol. The number of furan rings is 1. The summed E-state index contributed by atoms with van der Waals surface area (Å²) in [5, 5.41) is 5.05. The smallest absolute Gasteiger partial charge is 0.287 e. The molecule has 1 N–H and O–H groups in total. The molecule has 3 nitrogen and oxygen atoms in total. The Morgan fingerprint density at radius 2 is 1.90 bits per heavy atom. The van der Waals surface area contributed by atoms with Gasteiger partial charge >= 0.3 is 0 Å². The Balaban J connectivity index is 1.88. The van der Waals surface area contributed by atoms with Crippen LogP contribution in [-0.2, 0) is 0 Å². The lowest BCUT2D eigenvalue weighted by atomic mass is 10.1. The summed E-state index contributed by atoms with van der Waals surface area (Å²) in [6, 6.07) is 17.3. The molecule has 3 aromatic rings. The predicted molar refractivity (Wildman–Crippen MR) is 83.5 cm³/mol. The van der Waals surface area contributed by atoms with Crippen LogP contribution >= 0.6 is 11.3 Å². The van der Waals surface area contributed by atoms with Gasteiger partial charge in [-0.15, -0.1) is 11.3 Å². The average Bonchev–Trinajstić information content (AvgIpc) is 3.17. The summed E-state index contributed by atoms with van der Waals surface area (Å²) in [6.45, 7) is 1.82. The van der Waals surface area contributed by atoms with Crippen molar-refractivity contribution in [1.82, 2.24) is 5.32 Å². The minimum atomic E-state index is -0.203. The number of aryl methyl sites for hydroxylation is 1. The highest BCUT2D eigenvalue weighted by Gasteiger charge is 2.20. The first-order valence-electron chi connectivity index (χ1n) is 6.69. The van der Waals surface area contributed by atoms with Crippen LogP contribution in [0.5, 0.6) is 0 Å². The second kappa shape index (κ2) is 5.97. The zero-order chi connectivity index (χ0) is 14.7. The molecule has 1 unspecified atom stereocenters. The van der Waals surface area contributed by atoms with Gasteiger partial charge in [-0.3, -0.25) is 4.79 Å². The molecule has 0 aliphatic heterocycles. The fraction of sp³-hybridized carbons (Fsp3) is 0.118. The van der Waals surface area contributed by atoms with E-state index in [1.807, 2.05) is 54.8 Å². The van der Waals surface area contributed by atoms with Crippen molar-refractivity contribution in [2.75, 3.05) is 0 Å². The Morgan fingerprint density at radius 3 is 2.52 bits per heavy atom. The van der Waals surface area contributed by atoms with Crippen LogP contribution in [-0.4, -0.2) is 5.91 Å². The molecule has 2 aromatic heterocycles. The van der Waals surface area contributed by atoms with Gasteiger partial charge in [0.2, 0.25) is 0 Å². The topological polar surface area (TPSA) is 42.2 Å². The number of nitrogens with one attached hydrogen (secondary N) is 1. The van der Waals surface area contributed by atoms with Gasteiger partial charge in [-0.05, 0) is 36.1 Å². The molecule has 21 heavy (non-hydrogen) atoms. The third-order valence-electron chi connectivity index (χ3n) is 3.20. The van der Waals surface area contributed by atoms with Crippen LogP contribution in [0.4, 0.5) is 0 Å².